The Morgan fingerprint density at radius 3 is 2.64 bits per heavy atom. The third-order valence-corrected chi connectivity index (χ3v) is 3.60. The van der Waals surface area contributed by atoms with E-state index in [1.54, 1.807) is 0 Å². The third kappa shape index (κ3) is 2.71. The zero-order valence-electron chi connectivity index (χ0n) is 9.75. The molecule has 1 saturated heterocycles. The van der Waals surface area contributed by atoms with Gasteiger partial charge in [0.1, 0.15) is 0 Å². The molecule has 0 spiro atoms. The molecule has 0 radical (unpaired) electrons. The fourth-order valence-corrected chi connectivity index (χ4v) is 2.30. The van der Waals surface area contributed by atoms with Crippen molar-refractivity contribution in [1.29, 1.82) is 0 Å². The van der Waals surface area contributed by atoms with Crippen LogP contribution in [0.4, 0.5) is 0 Å². The summed E-state index contributed by atoms with van der Waals surface area (Å²) in [4.78, 5) is 0. The summed E-state index contributed by atoms with van der Waals surface area (Å²) in [5, 5.41) is 9.47. The molecule has 0 bridgehead atoms. The van der Waals surface area contributed by atoms with Crippen molar-refractivity contribution in [2.75, 3.05) is 13.2 Å². The highest BCUT2D eigenvalue weighted by Crippen LogP contribution is 2.39. The molecule has 14 heavy (non-hydrogen) atoms. The first kappa shape index (κ1) is 12.0. The summed E-state index contributed by atoms with van der Waals surface area (Å²) in [7, 11) is 0. The molecule has 2 heteroatoms. The van der Waals surface area contributed by atoms with Gasteiger partial charge in [-0.15, -0.1) is 0 Å². The van der Waals surface area contributed by atoms with Crippen LogP contribution in [0.2, 0.25) is 0 Å². The zero-order valence-corrected chi connectivity index (χ0v) is 9.75. The SMILES string of the molecule is CC(C)CCCC1(CO)CCOC1C. The van der Waals surface area contributed by atoms with Gasteiger partial charge in [-0.3, -0.25) is 0 Å². The average molecular weight is 200 g/mol. The van der Waals surface area contributed by atoms with Crippen molar-refractivity contribution >= 4 is 0 Å². The van der Waals surface area contributed by atoms with E-state index in [-0.39, 0.29) is 18.1 Å². The summed E-state index contributed by atoms with van der Waals surface area (Å²) < 4.78 is 5.56. The van der Waals surface area contributed by atoms with Gasteiger partial charge in [0.25, 0.3) is 0 Å². The largest absolute Gasteiger partial charge is 0.396 e. The number of hydrogen-bond donors (Lipinski definition) is 1. The van der Waals surface area contributed by atoms with Crippen LogP contribution in [0.5, 0.6) is 0 Å². The third-order valence-electron chi connectivity index (χ3n) is 3.60. The maximum Gasteiger partial charge on any atom is 0.0625 e. The van der Waals surface area contributed by atoms with Crippen molar-refractivity contribution in [3.8, 4) is 0 Å². The maximum atomic E-state index is 9.47. The summed E-state index contributed by atoms with van der Waals surface area (Å²) in [6.45, 7) is 7.70. The van der Waals surface area contributed by atoms with Crippen LogP contribution in [0.15, 0.2) is 0 Å². The minimum atomic E-state index is 0.0644. The van der Waals surface area contributed by atoms with Gasteiger partial charge < -0.3 is 9.84 Å². The summed E-state index contributed by atoms with van der Waals surface area (Å²) in [6.07, 6.45) is 4.85. The molecule has 0 aromatic rings. The number of aliphatic hydroxyl groups excluding tert-OH is 1. The Hall–Kier alpha value is -0.0800. The Balaban J connectivity index is 2.37. The number of aliphatic hydroxyl groups is 1. The molecule has 84 valence electrons. The van der Waals surface area contributed by atoms with Gasteiger partial charge in [-0.2, -0.15) is 0 Å². The average Bonchev–Trinajstić information content (AvgIpc) is 2.48. The normalized spacial score (nSPS) is 32.8. The number of rotatable bonds is 5. The van der Waals surface area contributed by atoms with Crippen molar-refractivity contribution < 1.29 is 9.84 Å². The second kappa shape index (κ2) is 5.13. The van der Waals surface area contributed by atoms with E-state index in [4.69, 9.17) is 4.74 Å². The standard InChI is InChI=1S/C12H24O2/c1-10(2)5-4-6-12(9-13)7-8-14-11(12)3/h10-11,13H,4-9H2,1-3H3. The topological polar surface area (TPSA) is 29.5 Å². The van der Waals surface area contributed by atoms with Gasteiger partial charge in [0, 0.05) is 12.0 Å². The minimum Gasteiger partial charge on any atom is -0.396 e. The van der Waals surface area contributed by atoms with Gasteiger partial charge in [0.15, 0.2) is 0 Å². The van der Waals surface area contributed by atoms with E-state index >= 15 is 0 Å². The highest BCUT2D eigenvalue weighted by atomic mass is 16.5. The summed E-state index contributed by atoms with van der Waals surface area (Å²) in [5.74, 6) is 0.767. The maximum absolute atomic E-state index is 9.47. The molecule has 1 aliphatic heterocycles. The van der Waals surface area contributed by atoms with Crippen molar-refractivity contribution in [3.63, 3.8) is 0 Å². The molecule has 1 aliphatic rings. The minimum absolute atomic E-state index is 0.0644. The van der Waals surface area contributed by atoms with Gasteiger partial charge >= 0.3 is 0 Å². The zero-order chi connectivity index (χ0) is 10.6. The smallest absolute Gasteiger partial charge is 0.0625 e. The molecule has 0 aromatic carbocycles. The summed E-state index contributed by atoms with van der Waals surface area (Å²) >= 11 is 0. The molecule has 2 atom stereocenters. The van der Waals surface area contributed by atoms with Crippen LogP contribution in [0.1, 0.15) is 46.5 Å². The quantitative estimate of drug-likeness (QED) is 0.739. The fourth-order valence-electron chi connectivity index (χ4n) is 2.30. The first-order valence-corrected chi connectivity index (χ1v) is 5.83. The van der Waals surface area contributed by atoms with Gasteiger partial charge in [0.2, 0.25) is 0 Å². The van der Waals surface area contributed by atoms with Crippen molar-refractivity contribution in [2.45, 2.75) is 52.6 Å². The Labute approximate surface area is 87.7 Å². The molecule has 2 nitrogen and oxygen atoms in total. The molecule has 2 unspecified atom stereocenters. The second-order valence-electron chi connectivity index (χ2n) is 5.07. The van der Waals surface area contributed by atoms with Crippen LogP contribution in [0.3, 0.4) is 0 Å². The predicted octanol–water partition coefficient (Wildman–Crippen LogP) is 2.60. The monoisotopic (exact) mass is 200 g/mol. The van der Waals surface area contributed by atoms with E-state index in [1.807, 2.05) is 0 Å². The number of ether oxygens (including phenoxy) is 1. The molecule has 1 heterocycles. The van der Waals surface area contributed by atoms with Crippen LogP contribution in [-0.2, 0) is 4.74 Å². The van der Waals surface area contributed by atoms with Gasteiger partial charge in [-0.25, -0.2) is 0 Å². The molecule has 1 N–H and O–H groups in total. The van der Waals surface area contributed by atoms with Crippen LogP contribution in [-0.4, -0.2) is 24.4 Å². The lowest BCUT2D eigenvalue weighted by Gasteiger charge is -2.30. The molecule has 0 amide bonds. The molecule has 1 rings (SSSR count). The van der Waals surface area contributed by atoms with Crippen LogP contribution in [0, 0.1) is 11.3 Å². The van der Waals surface area contributed by atoms with Crippen LogP contribution >= 0.6 is 0 Å². The molecular weight excluding hydrogens is 176 g/mol. The molecule has 0 aromatic heterocycles. The molecule has 1 fully saturated rings. The van der Waals surface area contributed by atoms with E-state index in [2.05, 4.69) is 20.8 Å². The molecule has 0 aliphatic carbocycles. The van der Waals surface area contributed by atoms with Crippen molar-refractivity contribution in [1.82, 2.24) is 0 Å². The van der Waals surface area contributed by atoms with Gasteiger partial charge in [0.05, 0.1) is 12.7 Å². The van der Waals surface area contributed by atoms with Crippen LogP contribution in [0.25, 0.3) is 0 Å². The lowest BCUT2D eigenvalue weighted by molar-refractivity contribution is 0.0198. The lowest BCUT2D eigenvalue weighted by Crippen LogP contribution is -2.32. The van der Waals surface area contributed by atoms with E-state index in [9.17, 15) is 5.11 Å². The summed E-state index contributed by atoms with van der Waals surface area (Å²) in [5.41, 5.74) is 0.0644. The van der Waals surface area contributed by atoms with E-state index in [0.29, 0.717) is 0 Å². The molecule has 0 saturated carbocycles. The Morgan fingerprint density at radius 2 is 2.21 bits per heavy atom. The van der Waals surface area contributed by atoms with Gasteiger partial charge in [-0.05, 0) is 25.7 Å². The number of hydrogen-bond acceptors (Lipinski definition) is 2. The Kier molecular flexibility index (Phi) is 4.39. The highest BCUT2D eigenvalue weighted by molar-refractivity contribution is 4.88. The lowest BCUT2D eigenvalue weighted by atomic mass is 9.77. The molecular formula is C12H24O2. The van der Waals surface area contributed by atoms with Gasteiger partial charge in [-0.1, -0.05) is 26.7 Å². The first-order chi connectivity index (χ1) is 6.60. The van der Waals surface area contributed by atoms with E-state index in [0.717, 1.165) is 25.4 Å². The van der Waals surface area contributed by atoms with Crippen molar-refractivity contribution in [3.05, 3.63) is 0 Å². The Bertz CT molecular complexity index is 168. The van der Waals surface area contributed by atoms with Crippen molar-refractivity contribution in [2.24, 2.45) is 11.3 Å². The summed E-state index contributed by atoms with van der Waals surface area (Å²) in [6, 6.07) is 0. The highest BCUT2D eigenvalue weighted by Gasteiger charge is 2.40. The van der Waals surface area contributed by atoms with E-state index in [1.165, 1.54) is 12.8 Å². The van der Waals surface area contributed by atoms with E-state index < -0.39 is 0 Å². The Morgan fingerprint density at radius 1 is 1.50 bits per heavy atom. The second-order valence-corrected chi connectivity index (χ2v) is 5.07. The van der Waals surface area contributed by atoms with Crippen LogP contribution < -0.4 is 0 Å². The first-order valence-electron chi connectivity index (χ1n) is 5.83. The predicted molar refractivity (Wildman–Crippen MR) is 58.2 cm³/mol. The fraction of sp³-hybridized carbons (Fsp3) is 1.00.